The van der Waals surface area contributed by atoms with Gasteiger partial charge in [-0.1, -0.05) is 24.3 Å². The molecule has 0 fully saturated rings. The van der Waals surface area contributed by atoms with Gasteiger partial charge in [0.2, 0.25) is 0 Å². The SMILES string of the molecule is Oc1ccc2c(c1)N(Cc1nc3cnccc3n1-c1ccccc1)CC2. The zero-order chi connectivity index (χ0) is 17.5. The number of aromatic nitrogens is 3. The van der Waals surface area contributed by atoms with Crippen LogP contribution < -0.4 is 4.90 Å². The smallest absolute Gasteiger partial charge is 0.134 e. The summed E-state index contributed by atoms with van der Waals surface area (Å²) in [5.74, 6) is 1.27. The van der Waals surface area contributed by atoms with E-state index >= 15 is 0 Å². The third kappa shape index (κ3) is 2.40. The Morgan fingerprint density at radius 2 is 1.92 bits per heavy atom. The fraction of sp³-hybridized carbons (Fsp3) is 0.143. The first-order chi connectivity index (χ1) is 12.8. The predicted octanol–water partition coefficient (Wildman–Crippen LogP) is 3.69. The van der Waals surface area contributed by atoms with Crippen molar-refractivity contribution in [2.45, 2.75) is 13.0 Å². The molecule has 5 rings (SSSR count). The van der Waals surface area contributed by atoms with E-state index in [2.05, 4.69) is 26.6 Å². The Bertz CT molecular complexity index is 1090. The van der Waals surface area contributed by atoms with Crippen molar-refractivity contribution < 1.29 is 5.11 Å². The first-order valence-corrected chi connectivity index (χ1v) is 8.73. The van der Waals surface area contributed by atoms with E-state index < -0.39 is 0 Å². The highest BCUT2D eigenvalue weighted by Crippen LogP contribution is 2.33. The summed E-state index contributed by atoms with van der Waals surface area (Å²) in [6.07, 6.45) is 4.60. The molecule has 3 heterocycles. The molecule has 0 unspecified atom stereocenters. The van der Waals surface area contributed by atoms with Gasteiger partial charge in [-0.15, -0.1) is 0 Å². The second-order valence-corrected chi connectivity index (χ2v) is 6.55. The topological polar surface area (TPSA) is 54.2 Å². The summed E-state index contributed by atoms with van der Waals surface area (Å²) in [6.45, 7) is 1.61. The number of hydrogen-bond acceptors (Lipinski definition) is 4. The summed E-state index contributed by atoms with van der Waals surface area (Å²) >= 11 is 0. The summed E-state index contributed by atoms with van der Waals surface area (Å²) < 4.78 is 2.19. The number of nitrogens with zero attached hydrogens (tertiary/aromatic N) is 4. The quantitative estimate of drug-likeness (QED) is 0.617. The highest BCUT2D eigenvalue weighted by Gasteiger charge is 2.22. The second-order valence-electron chi connectivity index (χ2n) is 6.55. The average molecular weight is 342 g/mol. The van der Waals surface area contributed by atoms with Gasteiger partial charge in [0.25, 0.3) is 0 Å². The van der Waals surface area contributed by atoms with E-state index in [4.69, 9.17) is 4.98 Å². The molecule has 0 amide bonds. The summed E-state index contributed by atoms with van der Waals surface area (Å²) in [5, 5.41) is 9.87. The molecule has 0 spiro atoms. The van der Waals surface area contributed by atoms with Crippen LogP contribution in [0.25, 0.3) is 16.7 Å². The molecular weight excluding hydrogens is 324 g/mol. The monoisotopic (exact) mass is 342 g/mol. The molecule has 0 atom stereocenters. The molecule has 2 aromatic heterocycles. The molecule has 5 heteroatoms. The number of anilines is 1. The summed E-state index contributed by atoms with van der Waals surface area (Å²) in [7, 11) is 0. The van der Waals surface area contributed by atoms with E-state index in [0.717, 1.165) is 41.2 Å². The van der Waals surface area contributed by atoms with E-state index in [1.807, 2.05) is 42.6 Å². The normalized spacial score (nSPS) is 13.3. The molecule has 26 heavy (non-hydrogen) atoms. The summed E-state index contributed by atoms with van der Waals surface area (Å²) in [5.41, 5.74) is 5.39. The number of imidazole rings is 1. The van der Waals surface area contributed by atoms with Crippen LogP contribution in [-0.2, 0) is 13.0 Å². The Labute approximate surface area is 151 Å². The van der Waals surface area contributed by atoms with E-state index in [-0.39, 0.29) is 0 Å². The molecule has 0 aliphatic carbocycles. The molecule has 0 saturated heterocycles. The maximum absolute atomic E-state index is 9.87. The van der Waals surface area contributed by atoms with E-state index in [9.17, 15) is 5.11 Å². The van der Waals surface area contributed by atoms with Gasteiger partial charge >= 0.3 is 0 Å². The van der Waals surface area contributed by atoms with Crippen molar-refractivity contribution in [1.29, 1.82) is 0 Å². The Balaban J connectivity index is 1.62. The van der Waals surface area contributed by atoms with Crippen LogP contribution in [-0.4, -0.2) is 26.2 Å². The fourth-order valence-corrected chi connectivity index (χ4v) is 3.72. The van der Waals surface area contributed by atoms with Crippen LogP contribution in [0.15, 0.2) is 67.0 Å². The first-order valence-electron chi connectivity index (χ1n) is 8.73. The van der Waals surface area contributed by atoms with Gasteiger partial charge in [0, 0.05) is 30.2 Å². The van der Waals surface area contributed by atoms with Gasteiger partial charge in [-0.05, 0) is 36.2 Å². The van der Waals surface area contributed by atoms with Crippen molar-refractivity contribution >= 4 is 16.7 Å². The highest BCUT2D eigenvalue weighted by atomic mass is 16.3. The second kappa shape index (κ2) is 5.88. The van der Waals surface area contributed by atoms with Crippen LogP contribution in [0.3, 0.4) is 0 Å². The van der Waals surface area contributed by atoms with Gasteiger partial charge < -0.3 is 10.0 Å². The Morgan fingerprint density at radius 1 is 1.04 bits per heavy atom. The van der Waals surface area contributed by atoms with Crippen molar-refractivity contribution in [3.8, 4) is 11.4 Å². The Morgan fingerprint density at radius 3 is 2.81 bits per heavy atom. The number of pyridine rings is 1. The Kier molecular flexibility index (Phi) is 3.38. The molecule has 1 aliphatic rings. The van der Waals surface area contributed by atoms with Crippen molar-refractivity contribution in [2.75, 3.05) is 11.4 Å². The van der Waals surface area contributed by atoms with Crippen molar-refractivity contribution in [1.82, 2.24) is 14.5 Å². The molecule has 1 N–H and O–H groups in total. The molecule has 0 saturated carbocycles. The molecule has 128 valence electrons. The number of hydrogen-bond donors (Lipinski definition) is 1. The lowest BCUT2D eigenvalue weighted by Crippen LogP contribution is -2.22. The summed E-state index contributed by atoms with van der Waals surface area (Å²) in [6, 6.07) is 17.9. The first kappa shape index (κ1) is 15.0. The zero-order valence-corrected chi connectivity index (χ0v) is 14.2. The fourth-order valence-electron chi connectivity index (χ4n) is 3.72. The van der Waals surface area contributed by atoms with Crippen LogP contribution >= 0.6 is 0 Å². The zero-order valence-electron chi connectivity index (χ0n) is 14.2. The molecule has 0 bridgehead atoms. The van der Waals surface area contributed by atoms with Crippen LogP contribution in [0.2, 0.25) is 0 Å². The number of benzene rings is 2. The van der Waals surface area contributed by atoms with E-state index in [1.165, 1.54) is 5.56 Å². The van der Waals surface area contributed by atoms with Gasteiger partial charge in [-0.3, -0.25) is 9.55 Å². The number of para-hydroxylation sites is 1. The van der Waals surface area contributed by atoms with Crippen LogP contribution in [0.4, 0.5) is 5.69 Å². The minimum absolute atomic E-state index is 0.302. The van der Waals surface area contributed by atoms with Crippen LogP contribution in [0.5, 0.6) is 5.75 Å². The van der Waals surface area contributed by atoms with Gasteiger partial charge in [0.1, 0.15) is 17.1 Å². The third-order valence-corrected chi connectivity index (χ3v) is 4.93. The van der Waals surface area contributed by atoms with E-state index in [1.54, 1.807) is 12.3 Å². The third-order valence-electron chi connectivity index (χ3n) is 4.93. The highest BCUT2D eigenvalue weighted by molar-refractivity contribution is 5.77. The van der Waals surface area contributed by atoms with Gasteiger partial charge in [-0.25, -0.2) is 4.98 Å². The van der Waals surface area contributed by atoms with Gasteiger partial charge in [-0.2, -0.15) is 0 Å². The van der Waals surface area contributed by atoms with Gasteiger partial charge in [0.15, 0.2) is 0 Å². The van der Waals surface area contributed by atoms with Gasteiger partial charge in [0.05, 0.1) is 18.3 Å². The largest absolute Gasteiger partial charge is 0.508 e. The van der Waals surface area contributed by atoms with Crippen molar-refractivity contribution in [3.05, 3.63) is 78.4 Å². The maximum atomic E-state index is 9.87. The molecule has 1 aliphatic heterocycles. The van der Waals surface area contributed by atoms with E-state index in [0.29, 0.717) is 12.3 Å². The number of aromatic hydroxyl groups is 1. The number of phenolic OH excluding ortho intramolecular Hbond substituents is 1. The Hall–Kier alpha value is -3.34. The summed E-state index contributed by atoms with van der Waals surface area (Å²) in [4.78, 5) is 11.3. The minimum Gasteiger partial charge on any atom is -0.508 e. The number of fused-ring (bicyclic) bond motifs is 2. The van der Waals surface area contributed by atoms with Crippen molar-refractivity contribution in [2.24, 2.45) is 0 Å². The lowest BCUT2D eigenvalue weighted by Gasteiger charge is -2.20. The minimum atomic E-state index is 0.302. The lowest BCUT2D eigenvalue weighted by atomic mass is 10.1. The van der Waals surface area contributed by atoms with Crippen LogP contribution in [0.1, 0.15) is 11.4 Å². The van der Waals surface area contributed by atoms with Crippen LogP contribution in [0, 0.1) is 0 Å². The number of phenols is 1. The molecule has 2 aromatic carbocycles. The molecule has 4 aromatic rings. The standard InChI is InChI=1S/C21H18N4O/c26-17-7-6-15-9-11-24(20(15)12-17)14-21-23-18-13-22-10-8-19(18)25(21)16-4-2-1-3-5-16/h1-8,10,12-13,26H,9,11,14H2. The molecule has 0 radical (unpaired) electrons. The predicted molar refractivity (Wildman–Crippen MR) is 102 cm³/mol. The average Bonchev–Trinajstić information content (AvgIpc) is 3.23. The molecule has 5 nitrogen and oxygen atoms in total. The molecular formula is C21H18N4O. The number of rotatable bonds is 3. The lowest BCUT2D eigenvalue weighted by molar-refractivity contribution is 0.475. The maximum Gasteiger partial charge on any atom is 0.134 e. The van der Waals surface area contributed by atoms with Crippen molar-refractivity contribution in [3.63, 3.8) is 0 Å².